The molecule has 0 saturated heterocycles. The second-order valence-corrected chi connectivity index (χ2v) is 7.45. The van der Waals surface area contributed by atoms with Gasteiger partial charge < -0.3 is 25.4 Å². The van der Waals surface area contributed by atoms with E-state index in [9.17, 15) is 4.79 Å². The first-order valence-electron chi connectivity index (χ1n) is 10.4. The quantitative estimate of drug-likeness (QED) is 0.363. The van der Waals surface area contributed by atoms with Crippen molar-refractivity contribution in [3.05, 3.63) is 78.1 Å². The number of nitrogens with one attached hydrogen (secondary N) is 3. The normalized spacial score (nSPS) is 10.5. The number of hydrogen-bond donors (Lipinski definition) is 3. The molecule has 0 radical (unpaired) electrons. The Hall–Kier alpha value is -4.33. The number of carbonyl (C=O) groups is 1. The van der Waals surface area contributed by atoms with Crippen LogP contribution in [0.25, 0.3) is 10.9 Å². The van der Waals surface area contributed by atoms with Crippen LogP contribution in [0, 0.1) is 6.92 Å². The summed E-state index contributed by atoms with van der Waals surface area (Å²) >= 11 is 0. The van der Waals surface area contributed by atoms with Crippen LogP contribution in [0.4, 0.5) is 22.0 Å². The van der Waals surface area contributed by atoms with Crippen molar-refractivity contribution in [1.29, 1.82) is 0 Å². The summed E-state index contributed by atoms with van der Waals surface area (Å²) in [4.78, 5) is 21.0. The minimum absolute atomic E-state index is 0.299. The van der Waals surface area contributed by atoms with Gasteiger partial charge in [0.2, 0.25) is 0 Å². The Morgan fingerprint density at radius 2 is 1.61 bits per heavy atom. The average molecular weight is 444 g/mol. The van der Waals surface area contributed by atoms with Gasteiger partial charge in [-0.05, 0) is 42.8 Å². The zero-order valence-corrected chi connectivity index (χ0v) is 18.7. The van der Waals surface area contributed by atoms with Gasteiger partial charge in [-0.3, -0.25) is 0 Å². The van der Waals surface area contributed by atoms with Crippen molar-refractivity contribution in [2.75, 3.05) is 30.2 Å². The summed E-state index contributed by atoms with van der Waals surface area (Å²) in [5.74, 6) is 1.89. The third-order valence-electron chi connectivity index (χ3n) is 5.09. The predicted molar refractivity (Wildman–Crippen MR) is 130 cm³/mol. The molecule has 4 rings (SSSR count). The molecule has 0 spiro atoms. The monoisotopic (exact) mass is 443 g/mol. The smallest absolute Gasteiger partial charge is 0.323 e. The number of hydrogen-bond acceptors (Lipinski definition) is 6. The number of benzene rings is 3. The molecule has 0 aliphatic heterocycles. The molecule has 0 aliphatic rings. The maximum absolute atomic E-state index is 12.3. The summed E-state index contributed by atoms with van der Waals surface area (Å²) in [6.07, 6.45) is 1.50. The van der Waals surface area contributed by atoms with E-state index in [1.807, 2.05) is 67.6 Å². The summed E-state index contributed by atoms with van der Waals surface area (Å²) in [5, 5.41) is 9.86. The molecule has 0 fully saturated rings. The SMILES string of the molecule is COc1cc2ncnc(NCc3cccc(NC(=O)Nc4ccc(C)cc4)c3)c2cc1OC. The molecule has 1 aromatic heterocycles. The minimum Gasteiger partial charge on any atom is -0.493 e. The molecule has 2 amide bonds. The molecule has 0 atom stereocenters. The molecule has 0 unspecified atom stereocenters. The highest BCUT2D eigenvalue weighted by atomic mass is 16.5. The molecule has 1 heterocycles. The van der Waals surface area contributed by atoms with Crippen LogP contribution in [-0.2, 0) is 6.54 Å². The molecule has 0 aliphatic carbocycles. The first-order chi connectivity index (χ1) is 16.1. The van der Waals surface area contributed by atoms with Crippen molar-refractivity contribution in [2.45, 2.75) is 13.5 Å². The van der Waals surface area contributed by atoms with E-state index in [1.165, 1.54) is 6.33 Å². The summed E-state index contributed by atoms with van der Waals surface area (Å²) < 4.78 is 10.8. The molecule has 8 nitrogen and oxygen atoms in total. The van der Waals surface area contributed by atoms with Gasteiger partial charge in [0.25, 0.3) is 0 Å². The van der Waals surface area contributed by atoms with E-state index >= 15 is 0 Å². The van der Waals surface area contributed by atoms with E-state index in [-0.39, 0.29) is 6.03 Å². The Balaban J connectivity index is 1.45. The van der Waals surface area contributed by atoms with Gasteiger partial charge in [0.05, 0.1) is 19.7 Å². The van der Waals surface area contributed by atoms with Crippen LogP contribution in [0.2, 0.25) is 0 Å². The molecule has 33 heavy (non-hydrogen) atoms. The number of ether oxygens (including phenoxy) is 2. The summed E-state index contributed by atoms with van der Waals surface area (Å²) in [5.41, 5.74) is 4.29. The lowest BCUT2D eigenvalue weighted by molar-refractivity contribution is 0.262. The Morgan fingerprint density at radius 1 is 0.879 bits per heavy atom. The highest BCUT2D eigenvalue weighted by Gasteiger charge is 2.11. The van der Waals surface area contributed by atoms with E-state index < -0.39 is 0 Å². The maximum atomic E-state index is 12.3. The molecular weight excluding hydrogens is 418 g/mol. The van der Waals surface area contributed by atoms with Crippen molar-refractivity contribution in [1.82, 2.24) is 9.97 Å². The standard InChI is InChI=1S/C25H25N5O3/c1-16-7-9-18(10-8-16)29-25(31)30-19-6-4-5-17(11-19)14-26-24-20-12-22(32-2)23(33-3)13-21(20)27-15-28-24/h4-13,15H,14H2,1-3H3,(H,26,27,28)(H2,29,30,31). The van der Waals surface area contributed by atoms with E-state index in [4.69, 9.17) is 9.47 Å². The number of rotatable bonds is 7. The van der Waals surface area contributed by atoms with Gasteiger partial charge >= 0.3 is 6.03 Å². The molecule has 8 heteroatoms. The van der Waals surface area contributed by atoms with Crippen LogP contribution in [0.5, 0.6) is 11.5 Å². The Bertz CT molecular complexity index is 1280. The van der Waals surface area contributed by atoms with Gasteiger partial charge in [-0.25, -0.2) is 14.8 Å². The van der Waals surface area contributed by atoms with Gasteiger partial charge in [0.15, 0.2) is 11.5 Å². The number of methoxy groups -OCH3 is 2. The van der Waals surface area contributed by atoms with Crippen molar-refractivity contribution >= 4 is 34.1 Å². The van der Waals surface area contributed by atoms with Gasteiger partial charge in [-0.2, -0.15) is 0 Å². The Kier molecular flexibility index (Phi) is 6.54. The average Bonchev–Trinajstić information content (AvgIpc) is 2.83. The number of amides is 2. The molecule has 3 N–H and O–H groups in total. The minimum atomic E-state index is -0.299. The predicted octanol–water partition coefficient (Wildman–Crippen LogP) is 5.21. The lowest BCUT2D eigenvalue weighted by atomic mass is 10.1. The first-order valence-corrected chi connectivity index (χ1v) is 10.4. The molecule has 0 bridgehead atoms. The van der Waals surface area contributed by atoms with Crippen molar-refractivity contribution in [3.8, 4) is 11.5 Å². The second kappa shape index (κ2) is 9.86. The van der Waals surface area contributed by atoms with Crippen molar-refractivity contribution in [3.63, 3.8) is 0 Å². The molecule has 4 aromatic rings. The summed E-state index contributed by atoms with van der Waals surface area (Å²) in [6.45, 7) is 2.51. The van der Waals surface area contributed by atoms with Crippen molar-refractivity contribution in [2.24, 2.45) is 0 Å². The number of aryl methyl sites for hydroxylation is 1. The zero-order valence-electron chi connectivity index (χ0n) is 18.7. The Labute approximate surface area is 192 Å². The number of carbonyl (C=O) groups excluding carboxylic acids is 1. The van der Waals surface area contributed by atoms with Crippen LogP contribution in [0.1, 0.15) is 11.1 Å². The fourth-order valence-electron chi connectivity index (χ4n) is 3.40. The van der Waals surface area contributed by atoms with Gasteiger partial charge in [0, 0.05) is 29.4 Å². The van der Waals surface area contributed by atoms with E-state index in [0.717, 1.165) is 27.7 Å². The molecule has 168 valence electrons. The summed E-state index contributed by atoms with van der Waals surface area (Å²) in [6, 6.07) is 18.6. The topological polar surface area (TPSA) is 97.4 Å². The third kappa shape index (κ3) is 5.30. The maximum Gasteiger partial charge on any atom is 0.323 e. The molecule has 0 saturated carbocycles. The number of anilines is 3. The molecule has 3 aromatic carbocycles. The largest absolute Gasteiger partial charge is 0.493 e. The van der Waals surface area contributed by atoms with Crippen molar-refractivity contribution < 1.29 is 14.3 Å². The molecular formula is C25H25N5O3. The van der Waals surface area contributed by atoms with Crippen LogP contribution in [0.3, 0.4) is 0 Å². The van der Waals surface area contributed by atoms with Gasteiger partial charge in [-0.15, -0.1) is 0 Å². The van der Waals surface area contributed by atoms with Crippen LogP contribution < -0.4 is 25.4 Å². The van der Waals surface area contributed by atoms with Gasteiger partial charge in [0.1, 0.15) is 12.1 Å². The van der Waals surface area contributed by atoms with E-state index in [2.05, 4.69) is 25.9 Å². The van der Waals surface area contributed by atoms with Crippen LogP contribution >= 0.6 is 0 Å². The highest BCUT2D eigenvalue weighted by Crippen LogP contribution is 2.33. The summed E-state index contributed by atoms with van der Waals surface area (Å²) in [7, 11) is 3.18. The second-order valence-electron chi connectivity index (χ2n) is 7.45. The van der Waals surface area contributed by atoms with E-state index in [1.54, 1.807) is 14.2 Å². The number of nitrogens with zero attached hydrogens (tertiary/aromatic N) is 2. The lowest BCUT2D eigenvalue weighted by Gasteiger charge is -2.13. The number of fused-ring (bicyclic) bond motifs is 1. The third-order valence-corrected chi connectivity index (χ3v) is 5.09. The van der Waals surface area contributed by atoms with Gasteiger partial charge in [-0.1, -0.05) is 29.8 Å². The van der Waals surface area contributed by atoms with E-state index in [0.29, 0.717) is 29.5 Å². The van der Waals surface area contributed by atoms with Crippen LogP contribution in [0.15, 0.2) is 67.0 Å². The lowest BCUT2D eigenvalue weighted by Crippen LogP contribution is -2.19. The first kappa shape index (κ1) is 21.9. The number of aromatic nitrogens is 2. The van der Waals surface area contributed by atoms with Crippen LogP contribution in [-0.4, -0.2) is 30.2 Å². The highest BCUT2D eigenvalue weighted by molar-refractivity contribution is 5.99. The zero-order chi connectivity index (χ0) is 23.2. The fraction of sp³-hybridized carbons (Fsp3) is 0.160. The fourth-order valence-corrected chi connectivity index (χ4v) is 3.40. The number of urea groups is 1. The Morgan fingerprint density at radius 3 is 2.36 bits per heavy atom.